The first-order valence-corrected chi connectivity index (χ1v) is 9.43. The third-order valence-corrected chi connectivity index (χ3v) is 4.98. The zero-order chi connectivity index (χ0) is 18.5. The standard InChI is InChI=1S/C22H24N2O3/c25-22(9-7-17-6-8-20-21(14-17)27-16-26-20)23-11-3-12-24-13-10-18-4-1-2-5-19(18)15-24/h1-2,4-9,14H,3,10-13,15-16H2,(H,23,25). The van der Waals surface area contributed by atoms with E-state index in [1.54, 1.807) is 12.2 Å². The minimum absolute atomic E-state index is 0.0725. The number of rotatable bonds is 6. The zero-order valence-electron chi connectivity index (χ0n) is 15.3. The lowest BCUT2D eigenvalue weighted by molar-refractivity contribution is -0.116. The topological polar surface area (TPSA) is 50.8 Å². The van der Waals surface area contributed by atoms with Gasteiger partial charge in [-0.1, -0.05) is 30.3 Å². The summed E-state index contributed by atoms with van der Waals surface area (Å²) >= 11 is 0. The third-order valence-electron chi connectivity index (χ3n) is 4.98. The number of hydrogen-bond acceptors (Lipinski definition) is 4. The van der Waals surface area contributed by atoms with Crippen LogP contribution >= 0.6 is 0 Å². The van der Waals surface area contributed by atoms with E-state index in [0.717, 1.165) is 49.5 Å². The summed E-state index contributed by atoms with van der Waals surface area (Å²) in [6.45, 7) is 4.04. The molecule has 0 bridgehead atoms. The Kier molecular flexibility index (Phi) is 5.39. The molecule has 0 spiro atoms. The van der Waals surface area contributed by atoms with Crippen molar-refractivity contribution in [2.75, 3.05) is 26.4 Å². The van der Waals surface area contributed by atoms with Gasteiger partial charge in [0.1, 0.15) is 0 Å². The summed E-state index contributed by atoms with van der Waals surface area (Å²) in [6, 6.07) is 14.3. The van der Waals surface area contributed by atoms with Gasteiger partial charge in [0.25, 0.3) is 0 Å². The maximum absolute atomic E-state index is 12.0. The van der Waals surface area contributed by atoms with Gasteiger partial charge in [-0.3, -0.25) is 9.69 Å². The van der Waals surface area contributed by atoms with Crippen LogP contribution in [0.5, 0.6) is 11.5 Å². The Balaban J connectivity index is 1.18. The molecule has 1 amide bonds. The van der Waals surface area contributed by atoms with Crippen molar-refractivity contribution in [3.8, 4) is 11.5 Å². The van der Waals surface area contributed by atoms with Crippen LogP contribution in [-0.4, -0.2) is 37.2 Å². The van der Waals surface area contributed by atoms with E-state index in [-0.39, 0.29) is 12.7 Å². The normalized spacial score (nSPS) is 15.7. The Morgan fingerprint density at radius 2 is 1.96 bits per heavy atom. The number of benzene rings is 2. The molecule has 2 aromatic carbocycles. The minimum Gasteiger partial charge on any atom is -0.454 e. The summed E-state index contributed by atoms with van der Waals surface area (Å²) in [5.41, 5.74) is 3.82. The highest BCUT2D eigenvalue weighted by molar-refractivity contribution is 5.91. The summed E-state index contributed by atoms with van der Waals surface area (Å²) in [6.07, 6.45) is 5.42. The maximum Gasteiger partial charge on any atom is 0.243 e. The van der Waals surface area contributed by atoms with Gasteiger partial charge in [-0.05, 0) is 47.7 Å². The van der Waals surface area contributed by atoms with Crippen molar-refractivity contribution in [1.82, 2.24) is 10.2 Å². The molecule has 27 heavy (non-hydrogen) atoms. The molecule has 1 N–H and O–H groups in total. The van der Waals surface area contributed by atoms with E-state index >= 15 is 0 Å². The van der Waals surface area contributed by atoms with Crippen LogP contribution in [0.2, 0.25) is 0 Å². The van der Waals surface area contributed by atoms with Crippen LogP contribution in [0.3, 0.4) is 0 Å². The number of amides is 1. The minimum atomic E-state index is -0.0725. The van der Waals surface area contributed by atoms with E-state index in [2.05, 4.69) is 34.5 Å². The Labute approximate surface area is 159 Å². The first-order valence-electron chi connectivity index (χ1n) is 9.43. The number of carbonyl (C=O) groups is 1. The first kappa shape index (κ1) is 17.6. The highest BCUT2D eigenvalue weighted by Gasteiger charge is 2.15. The van der Waals surface area contributed by atoms with E-state index < -0.39 is 0 Å². The van der Waals surface area contributed by atoms with Gasteiger partial charge in [0.15, 0.2) is 11.5 Å². The van der Waals surface area contributed by atoms with Gasteiger partial charge in [-0.25, -0.2) is 0 Å². The fourth-order valence-corrected chi connectivity index (χ4v) is 3.51. The number of hydrogen-bond donors (Lipinski definition) is 1. The average Bonchev–Trinajstić information content (AvgIpc) is 3.17. The molecule has 0 unspecified atom stereocenters. The van der Waals surface area contributed by atoms with Crippen LogP contribution in [0, 0.1) is 0 Å². The van der Waals surface area contributed by atoms with Gasteiger partial charge in [0, 0.05) is 32.3 Å². The largest absolute Gasteiger partial charge is 0.454 e. The van der Waals surface area contributed by atoms with Crippen molar-refractivity contribution < 1.29 is 14.3 Å². The van der Waals surface area contributed by atoms with E-state index in [1.165, 1.54) is 11.1 Å². The summed E-state index contributed by atoms with van der Waals surface area (Å²) < 4.78 is 10.6. The van der Waals surface area contributed by atoms with Crippen molar-refractivity contribution in [2.45, 2.75) is 19.4 Å². The SMILES string of the molecule is O=C(C=Cc1ccc2c(c1)OCO2)NCCCN1CCc2ccccc2C1. The number of fused-ring (bicyclic) bond motifs is 2. The second-order valence-electron chi connectivity index (χ2n) is 6.89. The Morgan fingerprint density at radius 1 is 1.11 bits per heavy atom. The predicted octanol–water partition coefficient (Wildman–Crippen LogP) is 2.99. The van der Waals surface area contributed by atoms with Crippen molar-refractivity contribution in [2.24, 2.45) is 0 Å². The molecule has 140 valence electrons. The van der Waals surface area contributed by atoms with Gasteiger partial charge in [0.2, 0.25) is 12.7 Å². The smallest absolute Gasteiger partial charge is 0.243 e. The summed E-state index contributed by atoms with van der Waals surface area (Å²) in [4.78, 5) is 14.5. The number of carbonyl (C=O) groups excluding carboxylic acids is 1. The van der Waals surface area contributed by atoms with Crippen molar-refractivity contribution in [1.29, 1.82) is 0 Å². The van der Waals surface area contributed by atoms with Crippen LogP contribution in [0.15, 0.2) is 48.5 Å². The van der Waals surface area contributed by atoms with Crippen LogP contribution in [0.1, 0.15) is 23.1 Å². The van der Waals surface area contributed by atoms with E-state index in [4.69, 9.17) is 9.47 Å². The zero-order valence-corrected chi connectivity index (χ0v) is 15.3. The molecule has 0 aromatic heterocycles. The van der Waals surface area contributed by atoms with Crippen molar-refractivity contribution >= 4 is 12.0 Å². The van der Waals surface area contributed by atoms with Crippen LogP contribution in [0.25, 0.3) is 6.08 Å². The van der Waals surface area contributed by atoms with Crippen LogP contribution < -0.4 is 14.8 Å². The molecule has 5 nitrogen and oxygen atoms in total. The molecule has 2 heterocycles. The quantitative estimate of drug-likeness (QED) is 0.632. The van der Waals surface area contributed by atoms with E-state index in [9.17, 15) is 4.79 Å². The monoisotopic (exact) mass is 364 g/mol. The van der Waals surface area contributed by atoms with E-state index in [1.807, 2.05) is 18.2 Å². The molecular weight excluding hydrogens is 340 g/mol. The van der Waals surface area contributed by atoms with E-state index in [0.29, 0.717) is 6.54 Å². The lowest BCUT2D eigenvalue weighted by Crippen LogP contribution is -2.33. The average molecular weight is 364 g/mol. The fraction of sp³-hybridized carbons (Fsp3) is 0.318. The number of nitrogens with one attached hydrogen (secondary N) is 1. The molecule has 0 atom stereocenters. The third kappa shape index (κ3) is 4.49. The van der Waals surface area contributed by atoms with Gasteiger partial charge >= 0.3 is 0 Å². The molecule has 0 fully saturated rings. The first-order chi connectivity index (χ1) is 13.3. The molecule has 2 aromatic rings. The molecule has 2 aliphatic heterocycles. The molecule has 4 rings (SSSR count). The molecular formula is C22H24N2O3. The Hall–Kier alpha value is -2.79. The van der Waals surface area contributed by atoms with Gasteiger partial charge in [-0.15, -0.1) is 0 Å². The lowest BCUT2D eigenvalue weighted by Gasteiger charge is -2.28. The summed E-state index contributed by atoms with van der Waals surface area (Å²) in [5, 5.41) is 2.96. The molecule has 5 heteroatoms. The highest BCUT2D eigenvalue weighted by atomic mass is 16.7. The molecule has 2 aliphatic rings. The van der Waals surface area contributed by atoms with Crippen molar-refractivity contribution in [3.63, 3.8) is 0 Å². The molecule has 0 saturated heterocycles. The molecule has 0 aliphatic carbocycles. The van der Waals surface area contributed by atoms with Gasteiger partial charge < -0.3 is 14.8 Å². The van der Waals surface area contributed by atoms with Crippen LogP contribution in [-0.2, 0) is 17.8 Å². The number of nitrogens with zero attached hydrogens (tertiary/aromatic N) is 1. The molecule has 0 radical (unpaired) electrons. The molecule has 0 saturated carbocycles. The van der Waals surface area contributed by atoms with Gasteiger partial charge in [-0.2, -0.15) is 0 Å². The predicted molar refractivity (Wildman–Crippen MR) is 105 cm³/mol. The second-order valence-corrected chi connectivity index (χ2v) is 6.89. The highest BCUT2D eigenvalue weighted by Crippen LogP contribution is 2.32. The summed E-state index contributed by atoms with van der Waals surface area (Å²) in [7, 11) is 0. The maximum atomic E-state index is 12.0. The Bertz CT molecular complexity index is 847. The van der Waals surface area contributed by atoms with Crippen molar-refractivity contribution in [3.05, 3.63) is 65.2 Å². The summed E-state index contributed by atoms with van der Waals surface area (Å²) in [5.74, 6) is 1.40. The van der Waals surface area contributed by atoms with Crippen LogP contribution in [0.4, 0.5) is 0 Å². The second kappa shape index (κ2) is 8.27. The van der Waals surface area contributed by atoms with Gasteiger partial charge in [0.05, 0.1) is 0 Å². The fourth-order valence-electron chi connectivity index (χ4n) is 3.51. The Morgan fingerprint density at radius 3 is 2.89 bits per heavy atom. The number of ether oxygens (including phenoxy) is 2. The lowest BCUT2D eigenvalue weighted by atomic mass is 10.00.